The molecule has 0 N–H and O–H groups in total. The average molecular weight is 758 g/mol. The predicted octanol–water partition coefficient (Wildman–Crippen LogP) is 14.4. The van der Waals surface area contributed by atoms with Crippen molar-refractivity contribution in [3.05, 3.63) is 210 Å². The minimum atomic E-state index is -0.142. The zero-order valence-electron chi connectivity index (χ0n) is 32.4. The summed E-state index contributed by atoms with van der Waals surface area (Å²) in [6.45, 7) is 4.63. The molecule has 0 spiro atoms. The van der Waals surface area contributed by atoms with Crippen molar-refractivity contribution in [1.82, 2.24) is 15.0 Å². The van der Waals surface area contributed by atoms with E-state index in [1.807, 2.05) is 18.2 Å². The van der Waals surface area contributed by atoms with Crippen molar-refractivity contribution in [3.63, 3.8) is 0 Å². The summed E-state index contributed by atoms with van der Waals surface area (Å²) in [7, 11) is 0. The molecule has 0 aliphatic heterocycles. The highest BCUT2D eigenvalue weighted by Crippen LogP contribution is 2.50. The quantitative estimate of drug-likeness (QED) is 0.170. The van der Waals surface area contributed by atoms with Gasteiger partial charge < -0.3 is 0 Å². The van der Waals surface area contributed by atoms with Gasteiger partial charge in [0.15, 0.2) is 17.5 Å². The van der Waals surface area contributed by atoms with Crippen LogP contribution in [0.15, 0.2) is 188 Å². The first kappa shape index (κ1) is 36.1. The second-order valence-corrected chi connectivity index (χ2v) is 16.0. The van der Waals surface area contributed by atoms with Gasteiger partial charge in [-0.3, -0.25) is 0 Å². The number of rotatable bonds is 6. The smallest absolute Gasteiger partial charge is 0.164 e. The van der Waals surface area contributed by atoms with E-state index in [4.69, 9.17) is 15.0 Å². The third-order valence-electron chi connectivity index (χ3n) is 12.2. The first-order chi connectivity index (χ1) is 28.5. The van der Waals surface area contributed by atoms with Crippen LogP contribution in [0.25, 0.3) is 89.8 Å². The number of hydrogen-bond donors (Lipinski definition) is 0. The minimum absolute atomic E-state index is 0. The molecule has 9 aromatic rings. The van der Waals surface area contributed by atoms with Crippen molar-refractivity contribution >= 4 is 0 Å². The van der Waals surface area contributed by atoms with Crippen LogP contribution in [0.1, 0.15) is 43.5 Å². The molecule has 3 heteroatoms. The fraction of sp³-hybridized carbons (Fsp3) is 0.0893. The van der Waals surface area contributed by atoms with Gasteiger partial charge in [0.2, 0.25) is 0 Å². The van der Waals surface area contributed by atoms with Gasteiger partial charge in [-0.15, -0.1) is 0 Å². The molecule has 2 aliphatic carbocycles. The summed E-state index contributed by atoms with van der Waals surface area (Å²) in [6, 6.07) is 67.5. The summed E-state index contributed by atoms with van der Waals surface area (Å²) in [4.78, 5) is 15.7. The Hall–Kier alpha value is -7.23. The number of nitrogens with zero attached hydrogens (tertiary/aromatic N) is 3. The maximum Gasteiger partial charge on any atom is 0.164 e. The molecule has 3 nitrogen and oxygen atoms in total. The third-order valence-corrected chi connectivity index (χ3v) is 12.2. The molecule has 8 aromatic carbocycles. The molecule has 0 unspecified atom stereocenters. The van der Waals surface area contributed by atoms with E-state index in [-0.39, 0.29) is 12.8 Å². The minimum Gasteiger partial charge on any atom is -0.208 e. The Labute approximate surface area is 346 Å². The van der Waals surface area contributed by atoms with Gasteiger partial charge in [0.05, 0.1) is 0 Å². The van der Waals surface area contributed by atoms with Gasteiger partial charge in [0, 0.05) is 22.1 Å². The highest BCUT2D eigenvalue weighted by molar-refractivity contribution is 5.91. The van der Waals surface area contributed by atoms with E-state index in [1.54, 1.807) is 0 Å². The molecule has 0 saturated carbocycles. The Bertz CT molecular complexity index is 3040. The predicted molar refractivity (Wildman–Crippen MR) is 245 cm³/mol. The average Bonchev–Trinajstić information content (AvgIpc) is 3.79. The lowest BCUT2D eigenvalue weighted by Gasteiger charge is -2.21. The monoisotopic (exact) mass is 757 g/mol. The van der Waals surface area contributed by atoms with Gasteiger partial charge in [-0.25, -0.2) is 15.0 Å². The molecule has 0 saturated heterocycles. The fourth-order valence-electron chi connectivity index (χ4n) is 9.30. The topological polar surface area (TPSA) is 38.7 Å². The molecule has 282 valence electrons. The molecule has 11 rings (SSSR count). The molecule has 0 amide bonds. The molecule has 0 radical (unpaired) electrons. The Morgan fingerprint density at radius 1 is 0.322 bits per heavy atom. The van der Waals surface area contributed by atoms with E-state index in [9.17, 15) is 0 Å². The molecule has 1 aromatic heterocycles. The normalized spacial score (nSPS) is 12.8. The number of fused-ring (bicyclic) bond motifs is 6. The van der Waals surface area contributed by atoms with Crippen molar-refractivity contribution < 1.29 is 0 Å². The zero-order valence-corrected chi connectivity index (χ0v) is 32.4. The van der Waals surface area contributed by atoms with E-state index in [2.05, 4.69) is 184 Å². The lowest BCUT2D eigenvalue weighted by Crippen LogP contribution is -2.15. The summed E-state index contributed by atoms with van der Waals surface area (Å²) in [5.41, 5.74) is 20.5. The summed E-state index contributed by atoms with van der Waals surface area (Å²) in [5, 5.41) is 0. The van der Waals surface area contributed by atoms with Gasteiger partial charge in [-0.1, -0.05) is 185 Å². The second-order valence-electron chi connectivity index (χ2n) is 16.0. The van der Waals surface area contributed by atoms with Gasteiger partial charge in [0.1, 0.15) is 0 Å². The van der Waals surface area contributed by atoms with Crippen LogP contribution in [-0.4, -0.2) is 15.0 Å². The molecule has 0 atom stereocenters. The fourth-order valence-corrected chi connectivity index (χ4v) is 9.30. The van der Waals surface area contributed by atoms with E-state index in [1.165, 1.54) is 61.2 Å². The van der Waals surface area contributed by atoms with Crippen molar-refractivity contribution in [3.8, 4) is 89.8 Å². The van der Waals surface area contributed by atoms with Gasteiger partial charge >= 0.3 is 0 Å². The van der Waals surface area contributed by atoms with Crippen LogP contribution in [0, 0.1) is 0 Å². The van der Waals surface area contributed by atoms with E-state index < -0.39 is 0 Å². The van der Waals surface area contributed by atoms with Gasteiger partial charge in [-0.05, 0) is 109 Å². The van der Waals surface area contributed by atoms with Crippen molar-refractivity contribution in [2.75, 3.05) is 0 Å². The number of aromatic nitrogens is 3. The van der Waals surface area contributed by atoms with Crippen LogP contribution in [0.3, 0.4) is 0 Å². The molecule has 59 heavy (non-hydrogen) atoms. The first-order valence-corrected chi connectivity index (χ1v) is 20.1. The van der Waals surface area contributed by atoms with Crippen LogP contribution in [0.5, 0.6) is 0 Å². The zero-order chi connectivity index (χ0) is 38.8. The largest absolute Gasteiger partial charge is 0.208 e. The summed E-state index contributed by atoms with van der Waals surface area (Å²) in [5.74, 6) is 1.96. The van der Waals surface area contributed by atoms with Crippen LogP contribution < -0.4 is 0 Å². The summed E-state index contributed by atoms with van der Waals surface area (Å²) >= 11 is 0. The van der Waals surface area contributed by atoms with Crippen LogP contribution in [-0.2, 0) is 11.8 Å². The summed E-state index contributed by atoms with van der Waals surface area (Å²) < 4.78 is 0. The van der Waals surface area contributed by atoms with Crippen LogP contribution >= 0.6 is 0 Å². The maximum absolute atomic E-state index is 5.32. The Kier molecular flexibility index (Phi) is 8.76. The van der Waals surface area contributed by atoms with E-state index in [0.29, 0.717) is 17.5 Å². The van der Waals surface area contributed by atoms with Crippen LogP contribution in [0.4, 0.5) is 0 Å². The van der Waals surface area contributed by atoms with Gasteiger partial charge in [-0.2, -0.15) is 0 Å². The molecule has 0 bridgehead atoms. The number of hydrogen-bond acceptors (Lipinski definition) is 3. The lowest BCUT2D eigenvalue weighted by atomic mass is 9.82. The second kappa shape index (κ2) is 14.3. The van der Waals surface area contributed by atoms with Gasteiger partial charge in [0.25, 0.3) is 0 Å². The summed E-state index contributed by atoms with van der Waals surface area (Å²) in [6.07, 6.45) is 0.864. The highest BCUT2D eigenvalue weighted by atomic mass is 15.0. The van der Waals surface area contributed by atoms with Crippen molar-refractivity contribution in [2.24, 2.45) is 0 Å². The molecular formula is C56H43N3. The Morgan fingerprint density at radius 2 is 0.780 bits per heavy atom. The standard InChI is InChI=1S/C55H39N3.CH4/c1-55(2)50-27-13-12-22-46(50)47-29-28-38(33-51(47)55)53-56-52(37-20-10-5-11-21-37)57-54(58-53)41-31-39(35-16-6-3-7-17-35)30-40(32-41)43-24-15-26-45-44-25-14-23-42(48(44)34-49(43)45)36-18-8-4-9-19-36;/h3-33H,34H2,1-2H3;1H4. The third kappa shape index (κ3) is 6.09. The highest BCUT2D eigenvalue weighted by Gasteiger charge is 2.35. The lowest BCUT2D eigenvalue weighted by molar-refractivity contribution is 0.660. The number of benzene rings is 8. The first-order valence-electron chi connectivity index (χ1n) is 20.1. The van der Waals surface area contributed by atoms with Crippen molar-refractivity contribution in [2.45, 2.75) is 33.1 Å². The Balaban J connectivity index is 0.00000420. The van der Waals surface area contributed by atoms with Crippen molar-refractivity contribution in [1.29, 1.82) is 0 Å². The van der Waals surface area contributed by atoms with E-state index >= 15 is 0 Å². The Morgan fingerprint density at radius 3 is 1.44 bits per heavy atom. The molecule has 2 aliphatic rings. The maximum atomic E-state index is 5.32. The molecule has 0 fully saturated rings. The van der Waals surface area contributed by atoms with Crippen LogP contribution in [0.2, 0.25) is 0 Å². The SMILES string of the molecule is C.CC1(C)c2ccccc2-c2ccc(-c3nc(-c4ccccc4)nc(-c4cc(-c5ccccc5)cc(-c5cccc6c5Cc5c(-c7ccccc7)cccc5-6)c4)n3)cc21. The molecule has 1 heterocycles. The van der Waals surface area contributed by atoms with E-state index in [0.717, 1.165) is 39.8 Å². The molecular weight excluding hydrogens is 715 g/mol.